The Morgan fingerprint density at radius 2 is 2.00 bits per heavy atom. The average Bonchev–Trinajstić information content (AvgIpc) is 2.38. The van der Waals surface area contributed by atoms with Gasteiger partial charge < -0.3 is 4.74 Å². The fourth-order valence-corrected chi connectivity index (χ4v) is 2.85. The van der Waals surface area contributed by atoms with Crippen LogP contribution in [0.4, 0.5) is 0 Å². The minimum absolute atomic E-state index is 0.542. The standard InChI is InChI=1S/C13H13NO2S/c1-10-6-5-7-11(16-2)13(10)17(15)12-8-3-4-9-14-12/h3-9H,1-2H3. The predicted octanol–water partition coefficient (Wildman–Crippen LogP) is 2.57. The van der Waals surface area contributed by atoms with Crippen LogP contribution >= 0.6 is 0 Å². The zero-order valence-corrected chi connectivity index (χ0v) is 10.5. The van der Waals surface area contributed by atoms with E-state index in [-0.39, 0.29) is 0 Å². The first-order valence-electron chi connectivity index (χ1n) is 5.20. The maximum absolute atomic E-state index is 12.4. The zero-order valence-electron chi connectivity index (χ0n) is 9.71. The van der Waals surface area contributed by atoms with E-state index < -0.39 is 10.8 Å². The molecule has 1 heterocycles. The van der Waals surface area contributed by atoms with Crippen LogP contribution < -0.4 is 4.74 Å². The number of nitrogens with zero attached hydrogens (tertiary/aromatic N) is 1. The molecule has 0 N–H and O–H groups in total. The van der Waals surface area contributed by atoms with Gasteiger partial charge in [0.2, 0.25) is 0 Å². The molecule has 17 heavy (non-hydrogen) atoms. The largest absolute Gasteiger partial charge is 0.495 e. The highest BCUT2D eigenvalue weighted by molar-refractivity contribution is 7.85. The lowest BCUT2D eigenvalue weighted by atomic mass is 10.2. The molecule has 1 aromatic carbocycles. The fourth-order valence-electron chi connectivity index (χ4n) is 1.59. The number of hydrogen-bond acceptors (Lipinski definition) is 3. The molecule has 2 aromatic rings. The van der Waals surface area contributed by atoms with Crippen LogP contribution in [-0.4, -0.2) is 16.3 Å². The van der Waals surface area contributed by atoms with Crippen molar-refractivity contribution < 1.29 is 8.95 Å². The number of rotatable bonds is 3. The molecular weight excluding hydrogens is 234 g/mol. The van der Waals surface area contributed by atoms with E-state index in [0.717, 1.165) is 5.56 Å². The summed E-state index contributed by atoms with van der Waals surface area (Å²) in [6, 6.07) is 11.0. The summed E-state index contributed by atoms with van der Waals surface area (Å²) in [7, 11) is 0.271. The Morgan fingerprint density at radius 1 is 1.18 bits per heavy atom. The molecule has 1 atom stereocenters. The van der Waals surface area contributed by atoms with Gasteiger partial charge in [-0.05, 0) is 30.7 Å². The number of hydrogen-bond donors (Lipinski definition) is 0. The van der Waals surface area contributed by atoms with Crippen LogP contribution in [-0.2, 0) is 10.8 Å². The highest BCUT2D eigenvalue weighted by Crippen LogP contribution is 2.28. The SMILES string of the molecule is COc1cccc(C)c1S(=O)c1ccccn1. The third-order valence-corrected chi connectivity index (χ3v) is 3.92. The highest BCUT2D eigenvalue weighted by Gasteiger charge is 2.15. The van der Waals surface area contributed by atoms with Crippen molar-refractivity contribution in [1.82, 2.24) is 4.98 Å². The van der Waals surface area contributed by atoms with Crippen molar-refractivity contribution in [1.29, 1.82) is 0 Å². The predicted molar refractivity (Wildman–Crippen MR) is 66.6 cm³/mol. The number of benzene rings is 1. The Hall–Kier alpha value is -1.68. The quantitative estimate of drug-likeness (QED) is 0.836. The molecule has 1 aromatic heterocycles. The number of aryl methyl sites for hydroxylation is 1. The third kappa shape index (κ3) is 2.36. The average molecular weight is 247 g/mol. The van der Waals surface area contributed by atoms with Crippen molar-refractivity contribution in [3.8, 4) is 5.75 Å². The van der Waals surface area contributed by atoms with Crippen LogP contribution in [0, 0.1) is 6.92 Å². The molecule has 3 nitrogen and oxygen atoms in total. The molecule has 0 aliphatic carbocycles. The molecule has 4 heteroatoms. The monoisotopic (exact) mass is 247 g/mol. The van der Waals surface area contributed by atoms with Gasteiger partial charge in [0.25, 0.3) is 0 Å². The summed E-state index contributed by atoms with van der Waals surface area (Å²) in [5.41, 5.74) is 0.938. The summed E-state index contributed by atoms with van der Waals surface area (Å²) in [5.74, 6) is 0.633. The summed E-state index contributed by atoms with van der Waals surface area (Å²) >= 11 is 0. The van der Waals surface area contributed by atoms with Gasteiger partial charge in [-0.15, -0.1) is 0 Å². The minimum atomic E-state index is -1.31. The molecule has 0 radical (unpaired) electrons. The molecule has 0 bridgehead atoms. The smallest absolute Gasteiger partial charge is 0.135 e. The summed E-state index contributed by atoms with van der Waals surface area (Å²) in [6.45, 7) is 1.92. The number of ether oxygens (including phenoxy) is 1. The molecule has 0 aliphatic heterocycles. The first-order valence-corrected chi connectivity index (χ1v) is 6.35. The van der Waals surface area contributed by atoms with Gasteiger partial charge in [0.1, 0.15) is 21.6 Å². The Bertz CT molecular complexity index is 540. The molecular formula is C13H13NO2S. The van der Waals surface area contributed by atoms with Gasteiger partial charge in [-0.2, -0.15) is 0 Å². The van der Waals surface area contributed by atoms with Gasteiger partial charge in [0, 0.05) is 6.20 Å². The van der Waals surface area contributed by atoms with Gasteiger partial charge in [-0.3, -0.25) is 0 Å². The van der Waals surface area contributed by atoms with Crippen LogP contribution in [0.3, 0.4) is 0 Å². The van der Waals surface area contributed by atoms with Crippen molar-refractivity contribution in [2.45, 2.75) is 16.8 Å². The van der Waals surface area contributed by atoms with E-state index in [1.807, 2.05) is 31.2 Å². The van der Waals surface area contributed by atoms with Crippen molar-refractivity contribution in [2.75, 3.05) is 7.11 Å². The number of methoxy groups -OCH3 is 1. The minimum Gasteiger partial charge on any atom is -0.495 e. The molecule has 1 unspecified atom stereocenters. The Kier molecular flexibility index (Phi) is 3.54. The summed E-state index contributed by atoms with van der Waals surface area (Å²) < 4.78 is 17.7. The molecule has 0 amide bonds. The lowest BCUT2D eigenvalue weighted by Gasteiger charge is -2.10. The second-order valence-corrected chi connectivity index (χ2v) is 4.91. The second-order valence-electron chi connectivity index (χ2n) is 3.54. The van der Waals surface area contributed by atoms with E-state index in [4.69, 9.17) is 4.74 Å². The topological polar surface area (TPSA) is 39.2 Å². The first-order chi connectivity index (χ1) is 8.24. The molecule has 0 saturated heterocycles. The van der Waals surface area contributed by atoms with Crippen molar-refractivity contribution in [3.05, 3.63) is 48.2 Å². The van der Waals surface area contributed by atoms with Gasteiger partial charge in [0.05, 0.1) is 12.0 Å². The van der Waals surface area contributed by atoms with Crippen molar-refractivity contribution in [3.63, 3.8) is 0 Å². The molecule has 0 spiro atoms. The Labute approximate surface area is 103 Å². The van der Waals surface area contributed by atoms with Crippen LogP contribution in [0.5, 0.6) is 5.75 Å². The van der Waals surface area contributed by atoms with E-state index >= 15 is 0 Å². The van der Waals surface area contributed by atoms with Crippen LogP contribution in [0.15, 0.2) is 52.5 Å². The van der Waals surface area contributed by atoms with E-state index in [9.17, 15) is 4.21 Å². The van der Waals surface area contributed by atoms with Crippen LogP contribution in [0.1, 0.15) is 5.56 Å². The summed E-state index contributed by atoms with van der Waals surface area (Å²) in [5, 5.41) is 0.542. The van der Waals surface area contributed by atoms with Crippen LogP contribution in [0.25, 0.3) is 0 Å². The summed E-state index contributed by atoms with van der Waals surface area (Å²) in [6.07, 6.45) is 1.64. The van der Waals surface area contributed by atoms with Crippen molar-refractivity contribution in [2.24, 2.45) is 0 Å². The normalized spacial score (nSPS) is 12.1. The molecule has 0 saturated carbocycles. The Morgan fingerprint density at radius 3 is 2.65 bits per heavy atom. The lowest BCUT2D eigenvalue weighted by Crippen LogP contribution is -2.01. The number of aromatic nitrogens is 1. The first kappa shape index (κ1) is 11.8. The highest BCUT2D eigenvalue weighted by atomic mass is 32.2. The van der Waals surface area contributed by atoms with Gasteiger partial charge in [-0.25, -0.2) is 9.19 Å². The van der Waals surface area contributed by atoms with Gasteiger partial charge in [-0.1, -0.05) is 18.2 Å². The zero-order chi connectivity index (χ0) is 12.3. The number of pyridine rings is 1. The third-order valence-electron chi connectivity index (χ3n) is 2.41. The Balaban J connectivity index is 2.51. The van der Waals surface area contributed by atoms with Crippen molar-refractivity contribution >= 4 is 10.8 Å². The maximum Gasteiger partial charge on any atom is 0.135 e. The lowest BCUT2D eigenvalue weighted by molar-refractivity contribution is 0.403. The maximum atomic E-state index is 12.4. The second kappa shape index (κ2) is 5.10. The van der Waals surface area contributed by atoms with E-state index in [0.29, 0.717) is 15.7 Å². The fraction of sp³-hybridized carbons (Fsp3) is 0.154. The van der Waals surface area contributed by atoms with Gasteiger partial charge >= 0.3 is 0 Å². The van der Waals surface area contributed by atoms with Crippen LogP contribution in [0.2, 0.25) is 0 Å². The molecule has 0 fully saturated rings. The molecule has 2 rings (SSSR count). The van der Waals surface area contributed by atoms with Gasteiger partial charge in [0.15, 0.2) is 0 Å². The summed E-state index contributed by atoms with van der Waals surface area (Å²) in [4.78, 5) is 4.80. The van der Waals surface area contributed by atoms with E-state index in [1.54, 1.807) is 25.4 Å². The van der Waals surface area contributed by atoms with E-state index in [2.05, 4.69) is 4.98 Å². The van der Waals surface area contributed by atoms with E-state index in [1.165, 1.54) is 0 Å². The molecule has 0 aliphatic rings. The molecule has 88 valence electrons.